The third-order valence-electron chi connectivity index (χ3n) is 4.41. The zero-order valence-corrected chi connectivity index (χ0v) is 16.7. The van der Waals surface area contributed by atoms with Gasteiger partial charge in [-0.2, -0.15) is 0 Å². The molecule has 0 spiro atoms. The van der Waals surface area contributed by atoms with Gasteiger partial charge in [0.15, 0.2) is 11.5 Å². The van der Waals surface area contributed by atoms with Crippen molar-refractivity contribution >= 4 is 29.3 Å². The van der Waals surface area contributed by atoms with E-state index in [1.807, 2.05) is 0 Å². The van der Waals surface area contributed by atoms with Crippen molar-refractivity contribution in [2.75, 3.05) is 33.9 Å². The van der Waals surface area contributed by atoms with Crippen molar-refractivity contribution in [3.05, 3.63) is 46.9 Å². The van der Waals surface area contributed by atoms with Crippen LogP contribution in [0.3, 0.4) is 0 Å². The van der Waals surface area contributed by atoms with Crippen molar-refractivity contribution in [1.29, 1.82) is 0 Å². The molecule has 2 heterocycles. The maximum atomic E-state index is 13.2. The zero-order valence-electron chi connectivity index (χ0n) is 15.9. The Kier molecular flexibility index (Phi) is 6.28. The molecule has 9 nitrogen and oxygen atoms in total. The van der Waals surface area contributed by atoms with Gasteiger partial charge in [0.2, 0.25) is 0 Å². The van der Waals surface area contributed by atoms with Crippen LogP contribution in [0.2, 0.25) is 5.02 Å². The van der Waals surface area contributed by atoms with Gasteiger partial charge in [0, 0.05) is 13.1 Å². The lowest BCUT2D eigenvalue weighted by molar-refractivity contribution is -0.139. The van der Waals surface area contributed by atoms with E-state index in [-0.39, 0.29) is 34.4 Å². The summed E-state index contributed by atoms with van der Waals surface area (Å²) in [7, 11) is 2.82. The summed E-state index contributed by atoms with van der Waals surface area (Å²) in [5, 5.41) is 5.33. The number of nitrogens with zero attached hydrogens (tertiary/aromatic N) is 2. The Morgan fingerprint density at radius 1 is 1.14 bits per heavy atom. The first-order chi connectivity index (χ1) is 14.0. The largest absolute Gasteiger partial charge is 0.496 e. The Balaban J connectivity index is 1.77. The Morgan fingerprint density at radius 2 is 1.90 bits per heavy atom. The average molecular weight is 422 g/mol. The van der Waals surface area contributed by atoms with Crippen LogP contribution in [-0.4, -0.2) is 61.6 Å². The van der Waals surface area contributed by atoms with E-state index in [0.29, 0.717) is 19.5 Å². The molecule has 2 aromatic rings. The van der Waals surface area contributed by atoms with Crippen molar-refractivity contribution in [3.8, 4) is 11.5 Å². The highest BCUT2D eigenvalue weighted by molar-refractivity contribution is 6.32. The van der Waals surface area contributed by atoms with E-state index < -0.39 is 17.7 Å². The van der Waals surface area contributed by atoms with Gasteiger partial charge in [-0.05, 0) is 30.7 Å². The number of hydrogen-bond acceptors (Lipinski definition) is 6. The van der Waals surface area contributed by atoms with E-state index >= 15 is 0 Å². The van der Waals surface area contributed by atoms with E-state index in [0.717, 1.165) is 0 Å². The van der Waals surface area contributed by atoms with Crippen LogP contribution in [0.4, 0.5) is 0 Å². The predicted molar refractivity (Wildman–Crippen MR) is 103 cm³/mol. The second-order valence-electron chi connectivity index (χ2n) is 6.12. The molecule has 1 fully saturated rings. The number of ether oxygens (including phenoxy) is 2. The number of hydrogen-bond donors (Lipinski definition) is 1. The summed E-state index contributed by atoms with van der Waals surface area (Å²) in [6.45, 7) is 0.384. The van der Waals surface area contributed by atoms with Crippen LogP contribution in [0.1, 0.15) is 27.3 Å². The smallest absolute Gasteiger partial charge is 0.287 e. The van der Waals surface area contributed by atoms with Crippen molar-refractivity contribution in [3.63, 3.8) is 0 Å². The lowest BCUT2D eigenvalue weighted by atomic mass is 10.1. The fourth-order valence-electron chi connectivity index (χ4n) is 3.06. The van der Waals surface area contributed by atoms with Crippen molar-refractivity contribution < 1.29 is 28.3 Å². The molecule has 154 valence electrons. The molecule has 1 N–H and O–H groups in total. The molecule has 1 aliphatic rings. The molecule has 1 aromatic carbocycles. The molecular weight excluding hydrogens is 402 g/mol. The number of halogens is 1. The molecule has 1 aromatic heterocycles. The van der Waals surface area contributed by atoms with E-state index in [1.165, 1.54) is 36.6 Å². The number of hydrazine groups is 1. The number of benzene rings is 1. The van der Waals surface area contributed by atoms with Gasteiger partial charge in [0.05, 0.1) is 32.1 Å². The first kappa shape index (κ1) is 20.5. The molecule has 29 heavy (non-hydrogen) atoms. The molecular formula is C19H20ClN3O6. The van der Waals surface area contributed by atoms with Crippen LogP contribution < -0.4 is 14.8 Å². The number of nitrogens with one attached hydrogen (secondary N) is 1. The number of carbonyl (C=O) groups is 3. The summed E-state index contributed by atoms with van der Waals surface area (Å²) in [6, 6.07) is 6.18. The van der Waals surface area contributed by atoms with Crippen LogP contribution >= 0.6 is 11.6 Å². The van der Waals surface area contributed by atoms with Gasteiger partial charge in [-0.3, -0.25) is 14.4 Å². The maximum Gasteiger partial charge on any atom is 0.287 e. The van der Waals surface area contributed by atoms with Crippen molar-refractivity contribution in [1.82, 2.24) is 15.3 Å². The zero-order chi connectivity index (χ0) is 21.0. The molecule has 0 aliphatic carbocycles. The molecule has 10 heteroatoms. The van der Waals surface area contributed by atoms with Crippen molar-refractivity contribution in [2.24, 2.45) is 0 Å². The number of furan rings is 1. The van der Waals surface area contributed by atoms with E-state index in [9.17, 15) is 14.4 Å². The molecule has 0 atom stereocenters. The van der Waals surface area contributed by atoms with Crippen LogP contribution in [0.25, 0.3) is 0 Å². The first-order valence-corrected chi connectivity index (χ1v) is 9.20. The topological polar surface area (TPSA) is 101 Å². The highest BCUT2D eigenvalue weighted by atomic mass is 35.5. The first-order valence-electron chi connectivity index (χ1n) is 8.82. The minimum atomic E-state index is -0.515. The predicted octanol–water partition coefficient (Wildman–Crippen LogP) is 1.97. The highest BCUT2D eigenvalue weighted by Crippen LogP contribution is 2.37. The fraction of sp³-hybridized carbons (Fsp3) is 0.316. The third-order valence-corrected chi connectivity index (χ3v) is 4.71. The Bertz CT molecular complexity index is 915. The molecule has 3 amide bonds. The quantitative estimate of drug-likeness (QED) is 0.765. The van der Waals surface area contributed by atoms with Gasteiger partial charge in [-0.15, -0.1) is 0 Å². The molecule has 0 saturated carbocycles. The standard InChI is InChI=1S/C19H20ClN3O6/c1-27-13-7-6-12(20)17(28-2)16(13)19(26)23-9-4-8-22(23)15(24)11-21-18(25)14-5-3-10-29-14/h3,5-7,10H,4,8-9,11H2,1-2H3,(H,21,25). The summed E-state index contributed by atoms with van der Waals surface area (Å²) < 4.78 is 15.6. The second-order valence-corrected chi connectivity index (χ2v) is 6.52. The SMILES string of the molecule is COc1ccc(Cl)c(OC)c1C(=O)N1CCCN1C(=O)CNC(=O)c1ccco1. The van der Waals surface area contributed by atoms with E-state index in [1.54, 1.807) is 18.2 Å². The lowest BCUT2D eigenvalue weighted by Crippen LogP contribution is -2.48. The number of amides is 3. The maximum absolute atomic E-state index is 13.2. The minimum Gasteiger partial charge on any atom is -0.496 e. The summed E-state index contributed by atoms with van der Waals surface area (Å²) in [4.78, 5) is 37.8. The fourth-order valence-corrected chi connectivity index (χ4v) is 3.30. The van der Waals surface area contributed by atoms with E-state index in [2.05, 4.69) is 5.32 Å². The van der Waals surface area contributed by atoms with E-state index in [4.69, 9.17) is 25.5 Å². The van der Waals surface area contributed by atoms with Gasteiger partial charge < -0.3 is 19.2 Å². The molecule has 0 radical (unpaired) electrons. The monoisotopic (exact) mass is 421 g/mol. The van der Waals surface area contributed by atoms with Crippen LogP contribution in [-0.2, 0) is 4.79 Å². The van der Waals surface area contributed by atoms with Gasteiger partial charge in [-0.1, -0.05) is 11.6 Å². The van der Waals surface area contributed by atoms with Gasteiger partial charge in [0.25, 0.3) is 17.7 Å². The number of rotatable bonds is 6. The highest BCUT2D eigenvalue weighted by Gasteiger charge is 2.35. The van der Waals surface area contributed by atoms with Crippen LogP contribution in [0, 0.1) is 0 Å². The summed E-state index contributed by atoms with van der Waals surface area (Å²) in [5.41, 5.74) is 0.127. The van der Waals surface area contributed by atoms with Gasteiger partial charge >= 0.3 is 0 Å². The molecule has 0 bridgehead atoms. The summed E-state index contributed by atoms with van der Waals surface area (Å²) in [6.07, 6.45) is 1.96. The minimum absolute atomic E-state index is 0.0977. The normalized spacial score (nSPS) is 13.3. The van der Waals surface area contributed by atoms with Gasteiger partial charge in [0.1, 0.15) is 11.3 Å². The van der Waals surface area contributed by atoms with Crippen LogP contribution in [0.15, 0.2) is 34.9 Å². The molecule has 1 saturated heterocycles. The molecule has 1 aliphatic heterocycles. The number of carbonyl (C=O) groups excluding carboxylic acids is 3. The average Bonchev–Trinajstić information content (AvgIpc) is 3.43. The Morgan fingerprint density at radius 3 is 2.55 bits per heavy atom. The Labute approximate surface area is 172 Å². The van der Waals surface area contributed by atoms with Crippen molar-refractivity contribution in [2.45, 2.75) is 6.42 Å². The summed E-state index contributed by atoms with van der Waals surface area (Å²) in [5.74, 6) is -0.887. The molecule has 3 rings (SSSR count). The molecule has 0 unspecified atom stereocenters. The lowest BCUT2D eigenvalue weighted by Gasteiger charge is -2.29. The number of methoxy groups -OCH3 is 2. The second kappa shape index (κ2) is 8.87. The van der Waals surface area contributed by atoms with Crippen LogP contribution in [0.5, 0.6) is 11.5 Å². The summed E-state index contributed by atoms with van der Waals surface area (Å²) >= 11 is 6.15. The Hall–Kier alpha value is -3.20. The third kappa shape index (κ3) is 4.14. The van der Waals surface area contributed by atoms with Gasteiger partial charge in [-0.25, -0.2) is 10.0 Å².